The van der Waals surface area contributed by atoms with Crippen molar-refractivity contribution >= 4 is 22.6 Å². The minimum absolute atomic E-state index is 0.0588. The summed E-state index contributed by atoms with van der Waals surface area (Å²) in [6.07, 6.45) is 2.31. The van der Waals surface area contributed by atoms with E-state index in [2.05, 4.69) is 5.32 Å². The van der Waals surface area contributed by atoms with Crippen molar-refractivity contribution in [2.24, 2.45) is 0 Å². The number of carbonyl (C=O) groups excluding carboxylic acids is 2. The van der Waals surface area contributed by atoms with E-state index in [0.29, 0.717) is 18.7 Å². The van der Waals surface area contributed by atoms with Crippen LogP contribution in [0.2, 0.25) is 0 Å². The van der Waals surface area contributed by atoms with Gasteiger partial charge in [-0.1, -0.05) is 0 Å². The van der Waals surface area contributed by atoms with Crippen molar-refractivity contribution in [2.75, 3.05) is 25.1 Å². The molecule has 86 valence electrons. The van der Waals surface area contributed by atoms with Gasteiger partial charge in [0.1, 0.15) is 6.04 Å². The second kappa shape index (κ2) is 5.25. The van der Waals surface area contributed by atoms with Crippen LogP contribution in [-0.4, -0.2) is 52.1 Å². The quantitative estimate of drug-likeness (QED) is 0.683. The number of hydrogen-bond donors (Lipinski definition) is 1. The Hall–Kier alpha value is -0.910. The van der Waals surface area contributed by atoms with Crippen LogP contribution >= 0.6 is 0 Å². The van der Waals surface area contributed by atoms with Gasteiger partial charge in [-0.15, -0.1) is 0 Å². The van der Waals surface area contributed by atoms with Gasteiger partial charge in [-0.2, -0.15) is 0 Å². The predicted octanol–water partition coefficient (Wildman–Crippen LogP) is -0.898. The lowest BCUT2D eigenvalue weighted by Crippen LogP contribution is -2.56. The Bertz CT molecular complexity index is 293. The summed E-state index contributed by atoms with van der Waals surface area (Å²) >= 11 is 0. The summed E-state index contributed by atoms with van der Waals surface area (Å²) in [7, 11) is -0.837. The van der Waals surface area contributed by atoms with Crippen molar-refractivity contribution in [1.82, 2.24) is 10.2 Å². The maximum atomic E-state index is 11.6. The van der Waals surface area contributed by atoms with Crippen molar-refractivity contribution < 1.29 is 13.8 Å². The Balaban J connectivity index is 2.42. The molecule has 1 aliphatic rings. The second-order valence-electron chi connectivity index (χ2n) is 3.68. The second-order valence-corrected chi connectivity index (χ2v) is 5.23. The number of amides is 2. The van der Waals surface area contributed by atoms with Crippen LogP contribution in [0.15, 0.2) is 0 Å². The van der Waals surface area contributed by atoms with Crippen molar-refractivity contribution in [1.29, 1.82) is 0 Å². The summed E-state index contributed by atoms with van der Waals surface area (Å²) in [6.45, 7) is 2.31. The molecular formula is C9H16N2O3S. The molecule has 0 bridgehead atoms. The molecule has 2 atom stereocenters. The van der Waals surface area contributed by atoms with Gasteiger partial charge in [-0.3, -0.25) is 13.8 Å². The average Bonchev–Trinajstić information content (AvgIpc) is 2.12. The Kier molecular flexibility index (Phi) is 4.26. The SMILES string of the molecule is CC1NC(=O)CN(CCCS(C)=O)C1=O. The molecule has 15 heavy (non-hydrogen) atoms. The molecule has 1 N–H and O–H groups in total. The Morgan fingerprint density at radius 3 is 2.80 bits per heavy atom. The molecular weight excluding hydrogens is 216 g/mol. The van der Waals surface area contributed by atoms with E-state index in [-0.39, 0.29) is 18.4 Å². The van der Waals surface area contributed by atoms with Gasteiger partial charge in [-0.25, -0.2) is 0 Å². The van der Waals surface area contributed by atoms with Crippen molar-refractivity contribution in [3.63, 3.8) is 0 Å². The summed E-state index contributed by atoms with van der Waals surface area (Å²) < 4.78 is 10.8. The Labute approximate surface area is 91.7 Å². The van der Waals surface area contributed by atoms with E-state index in [1.54, 1.807) is 13.2 Å². The molecule has 0 aromatic carbocycles. The summed E-state index contributed by atoms with van der Waals surface area (Å²) in [5.41, 5.74) is 0. The van der Waals surface area contributed by atoms with Crippen LogP contribution in [0.5, 0.6) is 0 Å². The highest BCUT2D eigenvalue weighted by atomic mass is 32.2. The molecule has 1 heterocycles. The zero-order chi connectivity index (χ0) is 11.4. The Morgan fingerprint density at radius 1 is 1.53 bits per heavy atom. The molecule has 1 fully saturated rings. The third-order valence-electron chi connectivity index (χ3n) is 2.25. The first-order valence-corrected chi connectivity index (χ1v) is 6.61. The molecule has 1 rings (SSSR count). The molecule has 0 radical (unpaired) electrons. The van der Waals surface area contributed by atoms with E-state index in [1.165, 1.54) is 4.90 Å². The highest BCUT2D eigenvalue weighted by Crippen LogP contribution is 2.03. The van der Waals surface area contributed by atoms with Gasteiger partial charge >= 0.3 is 0 Å². The van der Waals surface area contributed by atoms with Crippen LogP contribution in [0.25, 0.3) is 0 Å². The van der Waals surface area contributed by atoms with Gasteiger partial charge in [0.25, 0.3) is 0 Å². The monoisotopic (exact) mass is 232 g/mol. The number of rotatable bonds is 4. The van der Waals surface area contributed by atoms with Gasteiger partial charge in [0.2, 0.25) is 11.8 Å². The van der Waals surface area contributed by atoms with Crippen molar-refractivity contribution in [2.45, 2.75) is 19.4 Å². The molecule has 2 amide bonds. The first kappa shape index (κ1) is 12.2. The van der Waals surface area contributed by atoms with Gasteiger partial charge in [-0.05, 0) is 13.3 Å². The first-order chi connectivity index (χ1) is 7.00. The smallest absolute Gasteiger partial charge is 0.245 e. The molecule has 1 aliphatic heterocycles. The van der Waals surface area contributed by atoms with Crippen LogP contribution in [-0.2, 0) is 20.4 Å². The van der Waals surface area contributed by atoms with Crippen LogP contribution in [0.4, 0.5) is 0 Å². The Morgan fingerprint density at radius 2 is 2.20 bits per heavy atom. The minimum Gasteiger partial charge on any atom is -0.343 e. The first-order valence-electron chi connectivity index (χ1n) is 4.89. The topological polar surface area (TPSA) is 66.5 Å². The van der Waals surface area contributed by atoms with Crippen LogP contribution in [0.3, 0.4) is 0 Å². The zero-order valence-electron chi connectivity index (χ0n) is 8.99. The molecule has 0 spiro atoms. The molecule has 0 aromatic rings. The van der Waals surface area contributed by atoms with E-state index < -0.39 is 16.8 Å². The van der Waals surface area contributed by atoms with E-state index >= 15 is 0 Å². The number of nitrogens with one attached hydrogen (secondary N) is 1. The van der Waals surface area contributed by atoms with Crippen LogP contribution in [0, 0.1) is 0 Å². The summed E-state index contributed by atoms with van der Waals surface area (Å²) in [4.78, 5) is 24.3. The number of hydrogen-bond acceptors (Lipinski definition) is 3. The fraction of sp³-hybridized carbons (Fsp3) is 0.778. The fourth-order valence-corrected chi connectivity index (χ4v) is 2.06. The third kappa shape index (κ3) is 3.62. The fourth-order valence-electron chi connectivity index (χ4n) is 1.52. The molecule has 1 saturated heterocycles. The molecule has 5 nitrogen and oxygen atoms in total. The van der Waals surface area contributed by atoms with Crippen LogP contribution in [0.1, 0.15) is 13.3 Å². The van der Waals surface area contributed by atoms with E-state index in [0.717, 1.165) is 0 Å². The van der Waals surface area contributed by atoms with E-state index in [1.807, 2.05) is 0 Å². The lowest BCUT2D eigenvalue weighted by molar-refractivity contribution is -0.143. The molecule has 0 aromatic heterocycles. The molecule has 6 heteroatoms. The zero-order valence-corrected chi connectivity index (χ0v) is 9.80. The van der Waals surface area contributed by atoms with Crippen molar-refractivity contribution in [3.05, 3.63) is 0 Å². The predicted molar refractivity (Wildman–Crippen MR) is 57.7 cm³/mol. The highest BCUT2D eigenvalue weighted by Gasteiger charge is 2.28. The number of carbonyl (C=O) groups is 2. The standard InChI is InChI=1S/C9H16N2O3S/c1-7-9(13)11(6-8(12)10-7)4-3-5-15(2)14/h7H,3-6H2,1-2H3,(H,10,12). The highest BCUT2D eigenvalue weighted by molar-refractivity contribution is 7.84. The van der Waals surface area contributed by atoms with Crippen molar-refractivity contribution in [3.8, 4) is 0 Å². The summed E-state index contributed by atoms with van der Waals surface area (Å²) in [5.74, 6) is 0.385. The molecule has 2 unspecified atom stereocenters. The lowest BCUT2D eigenvalue weighted by Gasteiger charge is -2.30. The number of piperazine rings is 1. The summed E-state index contributed by atoms with van der Waals surface area (Å²) in [5, 5.41) is 2.57. The van der Waals surface area contributed by atoms with Crippen LogP contribution < -0.4 is 5.32 Å². The van der Waals surface area contributed by atoms with E-state index in [9.17, 15) is 13.8 Å². The number of nitrogens with zero attached hydrogens (tertiary/aromatic N) is 1. The van der Waals surface area contributed by atoms with Gasteiger partial charge in [0, 0.05) is 29.4 Å². The maximum absolute atomic E-state index is 11.6. The van der Waals surface area contributed by atoms with Gasteiger partial charge in [0.15, 0.2) is 0 Å². The minimum atomic E-state index is -0.837. The van der Waals surface area contributed by atoms with Gasteiger partial charge in [0.05, 0.1) is 6.54 Å². The maximum Gasteiger partial charge on any atom is 0.245 e. The normalized spacial score (nSPS) is 23.9. The third-order valence-corrected chi connectivity index (χ3v) is 3.12. The molecule has 0 saturated carbocycles. The lowest BCUT2D eigenvalue weighted by atomic mass is 10.2. The summed E-state index contributed by atoms with van der Waals surface area (Å²) in [6, 6.07) is -0.432. The largest absolute Gasteiger partial charge is 0.343 e. The van der Waals surface area contributed by atoms with E-state index in [4.69, 9.17) is 0 Å². The van der Waals surface area contributed by atoms with Gasteiger partial charge < -0.3 is 10.2 Å². The molecule has 0 aliphatic carbocycles. The average molecular weight is 232 g/mol.